The summed E-state index contributed by atoms with van der Waals surface area (Å²) in [4.78, 5) is 0. The van der Waals surface area contributed by atoms with Gasteiger partial charge in [-0.3, -0.25) is 0 Å². The minimum atomic E-state index is -2.60. The van der Waals surface area contributed by atoms with Gasteiger partial charge in [-0.2, -0.15) is 0 Å². The van der Waals surface area contributed by atoms with Crippen molar-refractivity contribution in [1.29, 1.82) is 0 Å². The highest BCUT2D eigenvalue weighted by molar-refractivity contribution is 7.80. The average molecular weight is 328 g/mol. The highest BCUT2D eigenvalue weighted by Gasteiger charge is 2.37. The molecular weight excluding hydrogens is 311 g/mol. The molecule has 2 heteroatoms. The van der Waals surface area contributed by atoms with Gasteiger partial charge in [0.2, 0.25) is 0 Å². The fraction of sp³-hybridized carbons (Fsp3) is 0.0909. The maximum Gasteiger partial charge on any atom is 0.145 e. The summed E-state index contributed by atoms with van der Waals surface area (Å²) in [5.41, 5.74) is 1.25. The Morgan fingerprint density at radius 1 is 0.667 bits per heavy atom. The zero-order valence-corrected chi connectivity index (χ0v) is 14.2. The first kappa shape index (κ1) is 14.0. The van der Waals surface area contributed by atoms with Crippen molar-refractivity contribution in [2.45, 2.75) is 6.42 Å². The van der Waals surface area contributed by atoms with Crippen molar-refractivity contribution in [1.82, 2.24) is 0 Å². The number of fused-ring (bicyclic) bond motifs is 4. The van der Waals surface area contributed by atoms with Crippen LogP contribution in [0.4, 0.5) is 0 Å². The van der Waals surface area contributed by atoms with Crippen LogP contribution in [-0.2, 0) is 11.0 Å². The molecule has 0 bridgehead atoms. The third-order valence-corrected chi connectivity index (χ3v) is 8.47. The second-order valence-corrected chi connectivity index (χ2v) is 9.36. The predicted molar refractivity (Wildman–Crippen MR) is 103 cm³/mol. The molecule has 5 rings (SSSR count). The van der Waals surface area contributed by atoms with Gasteiger partial charge in [0, 0.05) is 16.8 Å². The topological polar surface area (TPSA) is 17.1 Å². The standard InChI is InChI=1S/C22H17OP/c23-24(21-11-5-8-16-6-1-3-9-19(16)21)15-14-18-13-12-17-7-2-4-10-20(17)22(18)24/h1-13H,14-15H2. The molecule has 0 spiro atoms. The quantitative estimate of drug-likeness (QED) is 0.456. The Balaban J connectivity index is 1.89. The molecule has 4 aromatic rings. The van der Waals surface area contributed by atoms with Crippen molar-refractivity contribution in [2.24, 2.45) is 0 Å². The molecule has 116 valence electrons. The molecule has 0 aliphatic carbocycles. The van der Waals surface area contributed by atoms with Crippen LogP contribution < -0.4 is 10.6 Å². The summed E-state index contributed by atoms with van der Waals surface area (Å²) in [5.74, 6) is 0. The highest BCUT2D eigenvalue weighted by atomic mass is 31.2. The van der Waals surface area contributed by atoms with Crippen molar-refractivity contribution in [3.05, 3.63) is 84.4 Å². The molecule has 1 unspecified atom stereocenters. The number of rotatable bonds is 1. The normalized spacial score (nSPS) is 19.7. The molecule has 0 saturated carbocycles. The lowest BCUT2D eigenvalue weighted by atomic mass is 10.1. The Morgan fingerprint density at radius 3 is 2.17 bits per heavy atom. The van der Waals surface area contributed by atoms with Crippen LogP contribution in [0.5, 0.6) is 0 Å². The van der Waals surface area contributed by atoms with Crippen LogP contribution in [0.2, 0.25) is 0 Å². The number of aryl methyl sites for hydroxylation is 1. The van der Waals surface area contributed by atoms with Gasteiger partial charge in [0.05, 0.1) is 0 Å². The zero-order valence-electron chi connectivity index (χ0n) is 13.3. The first-order valence-electron chi connectivity index (χ1n) is 8.36. The molecule has 0 radical (unpaired) electrons. The Labute approximate surface area is 141 Å². The maximum absolute atomic E-state index is 14.3. The van der Waals surface area contributed by atoms with Gasteiger partial charge >= 0.3 is 0 Å². The first-order valence-corrected chi connectivity index (χ1v) is 10.3. The van der Waals surface area contributed by atoms with Crippen molar-refractivity contribution >= 4 is 39.3 Å². The summed E-state index contributed by atoms with van der Waals surface area (Å²) in [7, 11) is -2.60. The molecule has 0 amide bonds. The van der Waals surface area contributed by atoms with Crippen molar-refractivity contribution in [3.8, 4) is 0 Å². The monoisotopic (exact) mass is 328 g/mol. The molecule has 24 heavy (non-hydrogen) atoms. The molecular formula is C22H17OP. The summed E-state index contributed by atoms with van der Waals surface area (Å²) in [5, 5.41) is 6.75. The van der Waals surface area contributed by atoms with Gasteiger partial charge in [-0.15, -0.1) is 0 Å². The third-order valence-electron chi connectivity index (χ3n) is 5.20. The summed E-state index contributed by atoms with van der Waals surface area (Å²) in [6, 6.07) is 27.2. The molecule has 0 N–H and O–H groups in total. The van der Waals surface area contributed by atoms with Gasteiger partial charge in [-0.1, -0.05) is 78.9 Å². The van der Waals surface area contributed by atoms with Crippen molar-refractivity contribution < 1.29 is 4.57 Å². The SMILES string of the molecule is O=P1(c2cccc3ccccc23)CCc2ccc3ccccc3c21. The Morgan fingerprint density at radius 2 is 1.33 bits per heavy atom. The van der Waals surface area contributed by atoms with E-state index < -0.39 is 7.14 Å². The number of benzene rings is 4. The fourth-order valence-electron chi connectivity index (χ4n) is 4.08. The van der Waals surface area contributed by atoms with E-state index in [4.69, 9.17) is 0 Å². The largest absolute Gasteiger partial charge is 0.314 e. The van der Waals surface area contributed by atoms with Gasteiger partial charge < -0.3 is 4.57 Å². The lowest BCUT2D eigenvalue weighted by molar-refractivity contribution is 0.588. The second kappa shape index (κ2) is 5.06. The van der Waals surface area contributed by atoms with Crippen LogP contribution in [0, 0.1) is 0 Å². The van der Waals surface area contributed by atoms with Crippen molar-refractivity contribution in [3.63, 3.8) is 0 Å². The smallest absolute Gasteiger partial charge is 0.145 e. The van der Waals surface area contributed by atoms with Crippen LogP contribution in [0.15, 0.2) is 78.9 Å². The molecule has 0 fully saturated rings. The minimum Gasteiger partial charge on any atom is -0.314 e. The molecule has 4 aromatic carbocycles. The van der Waals surface area contributed by atoms with Gasteiger partial charge in [0.1, 0.15) is 7.14 Å². The molecule has 1 nitrogen and oxygen atoms in total. The van der Waals surface area contributed by atoms with Gasteiger partial charge in [-0.25, -0.2) is 0 Å². The lowest BCUT2D eigenvalue weighted by Crippen LogP contribution is -2.16. The minimum absolute atomic E-state index is 0.740. The van der Waals surface area contributed by atoms with Crippen LogP contribution in [-0.4, -0.2) is 6.16 Å². The average Bonchev–Trinajstić information content (AvgIpc) is 3.00. The van der Waals surface area contributed by atoms with Gasteiger partial charge in [0.15, 0.2) is 0 Å². The van der Waals surface area contributed by atoms with Crippen LogP contribution in [0.3, 0.4) is 0 Å². The van der Waals surface area contributed by atoms with E-state index in [0.717, 1.165) is 34.0 Å². The Kier molecular flexibility index (Phi) is 2.96. The van der Waals surface area contributed by atoms with E-state index in [1.807, 2.05) is 30.3 Å². The number of hydrogen-bond donors (Lipinski definition) is 0. The van der Waals surface area contributed by atoms with Crippen LogP contribution in [0.1, 0.15) is 5.56 Å². The third kappa shape index (κ3) is 1.85. The van der Waals surface area contributed by atoms with Crippen LogP contribution >= 0.6 is 7.14 Å². The van der Waals surface area contributed by atoms with Gasteiger partial charge in [0.25, 0.3) is 0 Å². The lowest BCUT2D eigenvalue weighted by Gasteiger charge is -2.18. The molecule has 0 aromatic heterocycles. The zero-order chi connectivity index (χ0) is 16.1. The maximum atomic E-state index is 14.3. The molecule has 1 aliphatic rings. The highest BCUT2D eigenvalue weighted by Crippen LogP contribution is 2.52. The van der Waals surface area contributed by atoms with E-state index in [1.54, 1.807) is 0 Å². The number of hydrogen-bond acceptors (Lipinski definition) is 1. The van der Waals surface area contributed by atoms with E-state index in [0.29, 0.717) is 0 Å². The first-order chi connectivity index (χ1) is 11.8. The van der Waals surface area contributed by atoms with Gasteiger partial charge in [-0.05, 0) is 33.5 Å². The molecule has 1 atom stereocenters. The molecule has 1 aliphatic heterocycles. The summed E-state index contributed by atoms with van der Waals surface area (Å²) < 4.78 is 14.3. The van der Waals surface area contributed by atoms with E-state index in [-0.39, 0.29) is 0 Å². The fourth-order valence-corrected chi connectivity index (χ4v) is 7.51. The molecule has 1 heterocycles. The van der Waals surface area contributed by atoms with E-state index >= 15 is 0 Å². The summed E-state index contributed by atoms with van der Waals surface area (Å²) >= 11 is 0. The van der Waals surface area contributed by atoms with Crippen molar-refractivity contribution in [2.75, 3.05) is 6.16 Å². The van der Waals surface area contributed by atoms with E-state index in [2.05, 4.69) is 48.5 Å². The second-order valence-electron chi connectivity index (χ2n) is 6.51. The Hall–Kier alpha value is -2.37. The summed E-state index contributed by atoms with van der Waals surface area (Å²) in [6.07, 6.45) is 1.64. The Bertz CT molecular complexity index is 1140. The summed E-state index contributed by atoms with van der Waals surface area (Å²) in [6.45, 7) is 0. The molecule has 0 saturated heterocycles. The van der Waals surface area contributed by atoms with Crippen LogP contribution in [0.25, 0.3) is 21.5 Å². The predicted octanol–water partition coefficient (Wildman–Crippen LogP) is 4.86. The van der Waals surface area contributed by atoms with E-state index in [9.17, 15) is 4.57 Å². The van der Waals surface area contributed by atoms with E-state index in [1.165, 1.54) is 16.3 Å².